The molecule has 0 atom stereocenters. The van der Waals surface area contributed by atoms with Gasteiger partial charge in [-0.2, -0.15) is 0 Å². The van der Waals surface area contributed by atoms with Crippen LogP contribution in [0.4, 0.5) is 0 Å². The van der Waals surface area contributed by atoms with Crippen molar-refractivity contribution < 1.29 is 4.74 Å². The van der Waals surface area contributed by atoms with Crippen LogP contribution < -0.4 is 10.1 Å². The SMILES string of the molecule is CC1(NCCOc2cccc(Br)c2)CCCC1. The Bertz CT molecular complexity index is 361. The molecule has 94 valence electrons. The molecule has 0 amide bonds. The average Bonchev–Trinajstić information content (AvgIpc) is 2.72. The molecule has 3 heteroatoms. The summed E-state index contributed by atoms with van der Waals surface area (Å²) in [6, 6.07) is 7.98. The van der Waals surface area contributed by atoms with Gasteiger partial charge in [0.25, 0.3) is 0 Å². The summed E-state index contributed by atoms with van der Waals surface area (Å²) in [6.07, 6.45) is 5.31. The second-order valence-electron chi connectivity index (χ2n) is 5.00. The fourth-order valence-corrected chi connectivity index (χ4v) is 2.79. The molecule has 2 rings (SSSR count). The number of nitrogens with one attached hydrogen (secondary N) is 1. The molecule has 1 aromatic carbocycles. The number of ether oxygens (including phenoxy) is 1. The second-order valence-corrected chi connectivity index (χ2v) is 5.92. The number of benzene rings is 1. The van der Waals surface area contributed by atoms with Gasteiger partial charge >= 0.3 is 0 Å². The molecule has 1 aliphatic rings. The topological polar surface area (TPSA) is 21.3 Å². The van der Waals surface area contributed by atoms with Gasteiger partial charge in [-0.15, -0.1) is 0 Å². The maximum Gasteiger partial charge on any atom is 0.120 e. The molecule has 0 unspecified atom stereocenters. The minimum absolute atomic E-state index is 0.348. The van der Waals surface area contributed by atoms with Crippen molar-refractivity contribution in [3.63, 3.8) is 0 Å². The van der Waals surface area contributed by atoms with Crippen molar-refractivity contribution in [2.45, 2.75) is 38.1 Å². The Labute approximate surface area is 112 Å². The third kappa shape index (κ3) is 4.00. The third-order valence-electron chi connectivity index (χ3n) is 3.43. The molecule has 2 nitrogen and oxygen atoms in total. The van der Waals surface area contributed by atoms with Crippen LogP contribution in [0.1, 0.15) is 32.6 Å². The van der Waals surface area contributed by atoms with Gasteiger partial charge in [-0.25, -0.2) is 0 Å². The van der Waals surface area contributed by atoms with Gasteiger partial charge in [0.15, 0.2) is 0 Å². The molecular weight excluding hydrogens is 278 g/mol. The number of rotatable bonds is 5. The first-order valence-electron chi connectivity index (χ1n) is 6.31. The Morgan fingerprint density at radius 1 is 1.35 bits per heavy atom. The van der Waals surface area contributed by atoms with Crippen LogP contribution in [0.5, 0.6) is 5.75 Å². The summed E-state index contributed by atoms with van der Waals surface area (Å²) in [4.78, 5) is 0. The van der Waals surface area contributed by atoms with E-state index in [9.17, 15) is 0 Å². The van der Waals surface area contributed by atoms with Gasteiger partial charge in [0.1, 0.15) is 12.4 Å². The molecule has 0 spiro atoms. The maximum atomic E-state index is 5.70. The molecule has 1 saturated carbocycles. The first kappa shape index (κ1) is 12.9. The monoisotopic (exact) mass is 297 g/mol. The normalized spacial score (nSPS) is 18.2. The van der Waals surface area contributed by atoms with E-state index in [4.69, 9.17) is 4.74 Å². The Kier molecular flexibility index (Phi) is 4.46. The van der Waals surface area contributed by atoms with Gasteiger partial charge in [-0.05, 0) is 38.0 Å². The van der Waals surface area contributed by atoms with Crippen molar-refractivity contribution in [1.29, 1.82) is 0 Å². The first-order chi connectivity index (χ1) is 8.18. The average molecular weight is 298 g/mol. The summed E-state index contributed by atoms with van der Waals surface area (Å²) in [6.45, 7) is 3.97. The Morgan fingerprint density at radius 2 is 2.12 bits per heavy atom. The van der Waals surface area contributed by atoms with E-state index in [0.29, 0.717) is 5.54 Å². The summed E-state index contributed by atoms with van der Waals surface area (Å²) in [5.41, 5.74) is 0.348. The van der Waals surface area contributed by atoms with Crippen LogP contribution in [0, 0.1) is 0 Å². The van der Waals surface area contributed by atoms with Gasteiger partial charge in [0.05, 0.1) is 0 Å². The van der Waals surface area contributed by atoms with E-state index in [0.717, 1.165) is 23.4 Å². The molecule has 17 heavy (non-hydrogen) atoms. The van der Waals surface area contributed by atoms with Crippen molar-refractivity contribution in [2.75, 3.05) is 13.2 Å². The van der Waals surface area contributed by atoms with Crippen molar-refractivity contribution in [2.24, 2.45) is 0 Å². The summed E-state index contributed by atoms with van der Waals surface area (Å²) in [7, 11) is 0. The smallest absolute Gasteiger partial charge is 0.120 e. The van der Waals surface area contributed by atoms with Gasteiger partial charge in [-0.1, -0.05) is 34.8 Å². The molecule has 1 fully saturated rings. The lowest BCUT2D eigenvalue weighted by atomic mass is 10.0. The van der Waals surface area contributed by atoms with E-state index in [1.165, 1.54) is 25.7 Å². The van der Waals surface area contributed by atoms with Crippen molar-refractivity contribution in [1.82, 2.24) is 5.32 Å². The van der Waals surface area contributed by atoms with E-state index in [1.807, 2.05) is 24.3 Å². The minimum Gasteiger partial charge on any atom is -0.492 e. The van der Waals surface area contributed by atoms with Crippen molar-refractivity contribution in [3.05, 3.63) is 28.7 Å². The molecule has 0 bridgehead atoms. The number of hydrogen-bond donors (Lipinski definition) is 1. The lowest BCUT2D eigenvalue weighted by molar-refractivity contribution is 0.277. The van der Waals surface area contributed by atoms with E-state index in [2.05, 4.69) is 28.2 Å². The van der Waals surface area contributed by atoms with Gasteiger partial charge in [0, 0.05) is 16.6 Å². The maximum absolute atomic E-state index is 5.70. The van der Waals surface area contributed by atoms with Gasteiger partial charge < -0.3 is 10.1 Å². The lowest BCUT2D eigenvalue weighted by Crippen LogP contribution is -2.41. The number of hydrogen-bond acceptors (Lipinski definition) is 2. The standard InChI is InChI=1S/C14H20BrNO/c1-14(7-2-3-8-14)16-9-10-17-13-6-4-5-12(15)11-13/h4-6,11,16H,2-3,7-10H2,1H3. The van der Waals surface area contributed by atoms with Crippen LogP contribution in [0.25, 0.3) is 0 Å². The molecule has 0 aromatic heterocycles. The predicted molar refractivity (Wildman–Crippen MR) is 74.5 cm³/mol. The highest BCUT2D eigenvalue weighted by Gasteiger charge is 2.27. The van der Waals surface area contributed by atoms with Crippen molar-refractivity contribution in [3.8, 4) is 5.75 Å². The van der Waals surface area contributed by atoms with Crippen molar-refractivity contribution >= 4 is 15.9 Å². The largest absolute Gasteiger partial charge is 0.492 e. The van der Waals surface area contributed by atoms with Gasteiger partial charge in [0.2, 0.25) is 0 Å². The third-order valence-corrected chi connectivity index (χ3v) is 3.92. The van der Waals surface area contributed by atoms with Gasteiger partial charge in [-0.3, -0.25) is 0 Å². The van der Waals surface area contributed by atoms with E-state index >= 15 is 0 Å². The summed E-state index contributed by atoms with van der Waals surface area (Å²) >= 11 is 3.44. The second kappa shape index (κ2) is 5.87. The van der Waals surface area contributed by atoms with E-state index in [1.54, 1.807) is 0 Å². The lowest BCUT2D eigenvalue weighted by Gasteiger charge is -2.25. The summed E-state index contributed by atoms with van der Waals surface area (Å²) < 4.78 is 6.76. The van der Waals surface area contributed by atoms with Crippen LogP contribution in [0.15, 0.2) is 28.7 Å². The zero-order valence-electron chi connectivity index (χ0n) is 10.3. The Morgan fingerprint density at radius 3 is 2.82 bits per heavy atom. The molecule has 0 radical (unpaired) electrons. The van der Waals surface area contributed by atoms with Crippen LogP contribution in [0.2, 0.25) is 0 Å². The molecule has 0 aliphatic heterocycles. The van der Waals surface area contributed by atoms with Crippen LogP contribution >= 0.6 is 15.9 Å². The minimum atomic E-state index is 0.348. The molecule has 0 saturated heterocycles. The van der Waals surface area contributed by atoms with Crippen LogP contribution in [-0.2, 0) is 0 Å². The highest BCUT2D eigenvalue weighted by molar-refractivity contribution is 9.10. The summed E-state index contributed by atoms with van der Waals surface area (Å²) in [5.74, 6) is 0.928. The zero-order valence-corrected chi connectivity index (χ0v) is 11.9. The highest BCUT2D eigenvalue weighted by atomic mass is 79.9. The summed E-state index contributed by atoms with van der Waals surface area (Å²) in [5, 5.41) is 3.61. The number of halogens is 1. The molecule has 1 aromatic rings. The fourth-order valence-electron chi connectivity index (χ4n) is 2.41. The Balaban J connectivity index is 1.69. The molecule has 0 heterocycles. The van der Waals surface area contributed by atoms with E-state index in [-0.39, 0.29) is 0 Å². The first-order valence-corrected chi connectivity index (χ1v) is 7.11. The fraction of sp³-hybridized carbons (Fsp3) is 0.571. The molecule has 1 aliphatic carbocycles. The Hall–Kier alpha value is -0.540. The van der Waals surface area contributed by atoms with E-state index < -0.39 is 0 Å². The molecular formula is C14H20BrNO. The molecule has 1 N–H and O–H groups in total. The van der Waals surface area contributed by atoms with Crippen LogP contribution in [0.3, 0.4) is 0 Å². The quantitative estimate of drug-likeness (QED) is 0.836. The van der Waals surface area contributed by atoms with Crippen LogP contribution in [-0.4, -0.2) is 18.7 Å². The zero-order chi connectivity index (χ0) is 12.1. The highest BCUT2D eigenvalue weighted by Crippen LogP contribution is 2.28. The predicted octanol–water partition coefficient (Wildman–Crippen LogP) is 3.75.